The quantitative estimate of drug-likeness (QED) is 0.613. The summed E-state index contributed by atoms with van der Waals surface area (Å²) < 4.78 is 12.3. The zero-order valence-electron chi connectivity index (χ0n) is 11.5. The molecule has 0 radical (unpaired) electrons. The maximum absolute atomic E-state index is 11.8. The third-order valence-electron chi connectivity index (χ3n) is 3.38. The molecule has 0 bridgehead atoms. The van der Waals surface area contributed by atoms with E-state index >= 15 is 0 Å². The van der Waals surface area contributed by atoms with Crippen LogP contribution >= 0.6 is 0 Å². The molecule has 7 heteroatoms. The number of benzene rings is 1. The smallest absolute Gasteiger partial charge is 0.311 e. The van der Waals surface area contributed by atoms with Gasteiger partial charge in [0.1, 0.15) is 12.1 Å². The molecule has 1 fully saturated rings. The van der Waals surface area contributed by atoms with Crippen LogP contribution < -0.4 is 4.74 Å². The maximum atomic E-state index is 11.8. The molecular formula is C14H16N4O3. The van der Waals surface area contributed by atoms with Gasteiger partial charge in [0.15, 0.2) is 0 Å². The summed E-state index contributed by atoms with van der Waals surface area (Å²) in [4.78, 5) is 11.8. The topological polar surface area (TPSA) is 79.1 Å². The second-order valence-electron chi connectivity index (χ2n) is 4.90. The molecule has 1 aliphatic heterocycles. The van der Waals surface area contributed by atoms with Crippen LogP contribution in [0, 0.1) is 0 Å². The molecule has 21 heavy (non-hydrogen) atoms. The molecule has 0 saturated carbocycles. The van der Waals surface area contributed by atoms with Crippen molar-refractivity contribution in [2.24, 2.45) is 0 Å². The van der Waals surface area contributed by atoms with Gasteiger partial charge in [-0.25, -0.2) is 4.68 Å². The summed E-state index contributed by atoms with van der Waals surface area (Å²) in [5, 5.41) is 10.9. The number of carbonyl (C=O) groups excluding carboxylic acids is 1. The van der Waals surface area contributed by atoms with E-state index in [1.54, 1.807) is 24.3 Å². The van der Waals surface area contributed by atoms with Crippen LogP contribution in [0.1, 0.15) is 25.7 Å². The molecule has 1 aromatic heterocycles. The second-order valence-corrected chi connectivity index (χ2v) is 4.90. The molecular weight excluding hydrogens is 272 g/mol. The lowest BCUT2D eigenvalue weighted by Crippen LogP contribution is -2.13. The van der Waals surface area contributed by atoms with E-state index in [9.17, 15) is 4.79 Å². The Balaban J connectivity index is 1.51. The first-order valence-electron chi connectivity index (χ1n) is 6.97. The minimum Gasteiger partial charge on any atom is -0.427 e. The van der Waals surface area contributed by atoms with Gasteiger partial charge in [-0.15, -0.1) is 5.10 Å². The van der Waals surface area contributed by atoms with E-state index < -0.39 is 0 Å². The molecule has 110 valence electrons. The highest BCUT2D eigenvalue weighted by Gasteiger charge is 2.17. The zero-order chi connectivity index (χ0) is 14.5. The Bertz CT molecular complexity index is 577. The van der Waals surface area contributed by atoms with Gasteiger partial charge in [0.05, 0.1) is 11.8 Å². The molecule has 1 aliphatic rings. The highest BCUT2D eigenvalue weighted by molar-refractivity contribution is 5.72. The van der Waals surface area contributed by atoms with Gasteiger partial charge in [-0.3, -0.25) is 4.79 Å². The van der Waals surface area contributed by atoms with Gasteiger partial charge in [-0.1, -0.05) is 0 Å². The van der Waals surface area contributed by atoms with Crippen LogP contribution in [0.25, 0.3) is 5.69 Å². The third-order valence-corrected chi connectivity index (χ3v) is 3.38. The molecule has 3 rings (SSSR count). The summed E-state index contributed by atoms with van der Waals surface area (Å²) in [5.74, 6) is 0.282. The van der Waals surface area contributed by atoms with Gasteiger partial charge in [-0.05, 0) is 54.0 Å². The number of hydrogen-bond donors (Lipinski definition) is 0. The van der Waals surface area contributed by atoms with Crippen molar-refractivity contribution in [1.82, 2.24) is 20.2 Å². The van der Waals surface area contributed by atoms with Gasteiger partial charge >= 0.3 is 5.97 Å². The molecule has 7 nitrogen and oxygen atoms in total. The van der Waals surface area contributed by atoms with E-state index in [0.29, 0.717) is 12.2 Å². The first-order valence-corrected chi connectivity index (χ1v) is 6.97. The second kappa shape index (κ2) is 6.45. The van der Waals surface area contributed by atoms with Gasteiger partial charge in [0, 0.05) is 13.0 Å². The lowest BCUT2D eigenvalue weighted by atomic mass is 10.1. The predicted octanol–water partition coefficient (Wildman–Crippen LogP) is 1.53. The fourth-order valence-electron chi connectivity index (χ4n) is 2.28. The van der Waals surface area contributed by atoms with Crippen molar-refractivity contribution in [3.63, 3.8) is 0 Å². The lowest BCUT2D eigenvalue weighted by Gasteiger charge is -2.09. The van der Waals surface area contributed by atoms with Crippen LogP contribution in [0.2, 0.25) is 0 Å². The minimum absolute atomic E-state index is 0.208. The Morgan fingerprint density at radius 2 is 2.24 bits per heavy atom. The van der Waals surface area contributed by atoms with Crippen molar-refractivity contribution in [1.29, 1.82) is 0 Å². The van der Waals surface area contributed by atoms with Crippen LogP contribution in [0.5, 0.6) is 5.75 Å². The monoisotopic (exact) mass is 288 g/mol. The summed E-state index contributed by atoms with van der Waals surface area (Å²) in [6.45, 7) is 0.804. The van der Waals surface area contributed by atoms with Crippen molar-refractivity contribution in [3.05, 3.63) is 30.6 Å². The van der Waals surface area contributed by atoms with Crippen molar-refractivity contribution in [2.75, 3.05) is 6.61 Å². The number of ether oxygens (including phenoxy) is 2. The molecule has 0 amide bonds. The average Bonchev–Trinajstić information content (AvgIpc) is 3.19. The van der Waals surface area contributed by atoms with E-state index in [1.165, 1.54) is 11.0 Å². The highest BCUT2D eigenvalue weighted by Crippen LogP contribution is 2.18. The molecule has 1 saturated heterocycles. The molecule has 2 aromatic rings. The van der Waals surface area contributed by atoms with E-state index in [-0.39, 0.29) is 12.1 Å². The first-order chi connectivity index (χ1) is 10.3. The number of aromatic nitrogens is 4. The largest absolute Gasteiger partial charge is 0.427 e. The van der Waals surface area contributed by atoms with Crippen LogP contribution in [0.15, 0.2) is 30.6 Å². The Hall–Kier alpha value is -2.28. The summed E-state index contributed by atoms with van der Waals surface area (Å²) in [6.07, 6.45) is 4.93. The van der Waals surface area contributed by atoms with E-state index in [4.69, 9.17) is 9.47 Å². The summed E-state index contributed by atoms with van der Waals surface area (Å²) in [7, 11) is 0. The number of nitrogens with zero attached hydrogens (tertiary/aromatic N) is 4. The standard InChI is InChI=1S/C14H16N4O3/c19-14(8-7-12-2-1-9-20-12)21-13-5-3-11(4-6-13)18-10-15-16-17-18/h3-6,10,12H,1-2,7-9H2/t12-/m1/s1. The SMILES string of the molecule is O=C(CC[C@H]1CCCO1)Oc1ccc(-n2cnnn2)cc1. The normalized spacial score (nSPS) is 17.8. The fourth-order valence-corrected chi connectivity index (χ4v) is 2.28. The average molecular weight is 288 g/mol. The van der Waals surface area contributed by atoms with E-state index in [1.807, 2.05) is 0 Å². The predicted molar refractivity (Wildman–Crippen MR) is 73.0 cm³/mol. The van der Waals surface area contributed by atoms with Gasteiger partial charge < -0.3 is 9.47 Å². The Morgan fingerprint density at radius 1 is 1.38 bits per heavy atom. The van der Waals surface area contributed by atoms with Crippen molar-refractivity contribution < 1.29 is 14.3 Å². The summed E-state index contributed by atoms with van der Waals surface area (Å²) >= 11 is 0. The Morgan fingerprint density at radius 3 is 2.90 bits per heavy atom. The number of esters is 1. The molecule has 0 N–H and O–H groups in total. The molecule has 0 unspecified atom stereocenters. The van der Waals surface area contributed by atoms with Crippen LogP contribution in [-0.2, 0) is 9.53 Å². The fraction of sp³-hybridized carbons (Fsp3) is 0.429. The minimum atomic E-state index is -0.235. The number of rotatable bonds is 5. The van der Waals surface area contributed by atoms with Gasteiger partial charge in [0.2, 0.25) is 0 Å². The van der Waals surface area contributed by atoms with Gasteiger partial charge in [0.25, 0.3) is 0 Å². The lowest BCUT2D eigenvalue weighted by molar-refractivity contribution is -0.135. The van der Waals surface area contributed by atoms with Crippen LogP contribution in [-0.4, -0.2) is 38.9 Å². The number of tetrazole rings is 1. The maximum Gasteiger partial charge on any atom is 0.311 e. The first kappa shape index (κ1) is 13.7. The summed E-state index contributed by atoms with van der Waals surface area (Å²) in [6, 6.07) is 7.03. The van der Waals surface area contributed by atoms with E-state index in [2.05, 4.69) is 15.5 Å². The third kappa shape index (κ3) is 3.63. The molecule has 2 heterocycles. The van der Waals surface area contributed by atoms with Crippen LogP contribution in [0.4, 0.5) is 0 Å². The van der Waals surface area contributed by atoms with Crippen molar-refractivity contribution in [2.45, 2.75) is 31.8 Å². The Labute approximate surface area is 121 Å². The summed E-state index contributed by atoms with van der Waals surface area (Å²) in [5.41, 5.74) is 0.805. The van der Waals surface area contributed by atoms with E-state index in [0.717, 1.165) is 31.6 Å². The zero-order valence-corrected chi connectivity index (χ0v) is 11.5. The number of hydrogen-bond acceptors (Lipinski definition) is 6. The Kier molecular flexibility index (Phi) is 4.20. The van der Waals surface area contributed by atoms with Crippen molar-refractivity contribution in [3.8, 4) is 11.4 Å². The van der Waals surface area contributed by atoms with Crippen LogP contribution in [0.3, 0.4) is 0 Å². The molecule has 0 aliphatic carbocycles. The van der Waals surface area contributed by atoms with Crippen molar-refractivity contribution >= 4 is 5.97 Å². The highest BCUT2D eigenvalue weighted by atomic mass is 16.5. The molecule has 1 aromatic carbocycles. The van der Waals surface area contributed by atoms with Gasteiger partial charge in [-0.2, -0.15) is 0 Å². The number of carbonyl (C=O) groups is 1. The molecule has 0 spiro atoms. The molecule has 1 atom stereocenters.